The number of nitrogens with zero attached hydrogens (tertiary/aromatic N) is 1. The maximum atomic E-state index is 12.8. The molecule has 9 heteroatoms. The van der Waals surface area contributed by atoms with Crippen molar-refractivity contribution in [2.75, 3.05) is 18.4 Å². The number of alkyl halides is 3. The third kappa shape index (κ3) is 4.86. The van der Waals surface area contributed by atoms with Crippen LogP contribution in [0.25, 0.3) is 0 Å². The van der Waals surface area contributed by atoms with Gasteiger partial charge in [0.05, 0.1) is 11.1 Å². The number of carbonyl (C=O) groups is 1. The van der Waals surface area contributed by atoms with Gasteiger partial charge in [-0.1, -0.05) is 6.07 Å². The lowest BCUT2D eigenvalue weighted by Gasteiger charge is -2.15. The molecule has 1 unspecified atom stereocenters. The number of pyridine rings is 1. The molecule has 0 aliphatic carbocycles. The molecule has 1 amide bonds. The lowest BCUT2D eigenvalue weighted by atomic mass is 10.1. The van der Waals surface area contributed by atoms with E-state index in [1.165, 1.54) is 18.3 Å². The smallest absolute Gasteiger partial charge is 0.348 e. The Morgan fingerprint density at radius 1 is 1.23 bits per heavy atom. The van der Waals surface area contributed by atoms with Crippen LogP contribution in [0.15, 0.2) is 42.6 Å². The highest BCUT2D eigenvalue weighted by Crippen LogP contribution is 2.31. The quantitative estimate of drug-likeness (QED) is 0.754. The van der Waals surface area contributed by atoms with Crippen LogP contribution in [0.2, 0.25) is 0 Å². The van der Waals surface area contributed by atoms with Gasteiger partial charge in [-0.3, -0.25) is 4.79 Å². The molecule has 0 radical (unpaired) electrons. The van der Waals surface area contributed by atoms with Crippen LogP contribution in [0.1, 0.15) is 22.3 Å². The van der Waals surface area contributed by atoms with Gasteiger partial charge in [0.2, 0.25) is 0 Å². The van der Waals surface area contributed by atoms with Crippen LogP contribution in [0.4, 0.5) is 24.7 Å². The van der Waals surface area contributed by atoms with E-state index in [2.05, 4.69) is 20.9 Å². The summed E-state index contributed by atoms with van der Waals surface area (Å²) in [5.41, 5.74) is -0.270. The largest absolute Gasteiger partial charge is 0.416 e. The van der Waals surface area contributed by atoms with Crippen molar-refractivity contribution < 1.29 is 18.0 Å². The Morgan fingerprint density at radius 2 is 2.04 bits per heavy atom. The van der Waals surface area contributed by atoms with Gasteiger partial charge in [-0.05, 0) is 43.3 Å². The highest BCUT2D eigenvalue weighted by molar-refractivity contribution is 5.99. The highest BCUT2D eigenvalue weighted by atomic mass is 35.5. The Bertz CT molecular complexity index is 764. The maximum absolute atomic E-state index is 12.8. The third-order valence-corrected chi connectivity index (χ3v) is 3.90. The van der Waals surface area contributed by atoms with Gasteiger partial charge in [-0.2, -0.15) is 13.2 Å². The van der Waals surface area contributed by atoms with E-state index in [-0.39, 0.29) is 41.4 Å². The van der Waals surface area contributed by atoms with Crippen molar-refractivity contribution in [2.45, 2.75) is 18.6 Å². The van der Waals surface area contributed by atoms with Crippen LogP contribution < -0.4 is 16.0 Å². The summed E-state index contributed by atoms with van der Waals surface area (Å²) in [5.74, 6) is -0.0958. The number of amides is 1. The molecular weight excluding hydrogens is 369 g/mol. The van der Waals surface area contributed by atoms with Gasteiger partial charge < -0.3 is 16.0 Å². The number of hydrogen-bond acceptors (Lipinski definition) is 4. The number of anilines is 2. The fourth-order valence-electron chi connectivity index (χ4n) is 2.64. The minimum Gasteiger partial charge on any atom is -0.348 e. The summed E-state index contributed by atoms with van der Waals surface area (Å²) in [6.45, 7) is 1.54. The number of halogens is 4. The van der Waals surface area contributed by atoms with Gasteiger partial charge in [0.25, 0.3) is 5.91 Å². The summed E-state index contributed by atoms with van der Waals surface area (Å²) >= 11 is 0. The van der Waals surface area contributed by atoms with Crippen molar-refractivity contribution in [2.24, 2.45) is 0 Å². The minimum atomic E-state index is -4.43. The van der Waals surface area contributed by atoms with Gasteiger partial charge in [0.1, 0.15) is 5.82 Å². The second-order valence-corrected chi connectivity index (χ2v) is 5.77. The topological polar surface area (TPSA) is 66.0 Å². The highest BCUT2D eigenvalue weighted by Gasteiger charge is 2.30. The normalized spacial score (nSPS) is 16.7. The SMILES string of the molecule is Cl.O=C(NC1CCNC1)c1cccnc1Nc1cccc(C(F)(F)F)c1. The van der Waals surface area contributed by atoms with Gasteiger partial charge in [0.15, 0.2) is 0 Å². The summed E-state index contributed by atoms with van der Waals surface area (Å²) in [4.78, 5) is 16.5. The van der Waals surface area contributed by atoms with Crippen LogP contribution >= 0.6 is 12.4 Å². The van der Waals surface area contributed by atoms with Crippen LogP contribution in [0, 0.1) is 0 Å². The Hall–Kier alpha value is -2.32. The first-order valence-electron chi connectivity index (χ1n) is 7.84. The van der Waals surface area contributed by atoms with Gasteiger partial charge >= 0.3 is 6.18 Å². The Kier molecular flexibility index (Phi) is 6.44. The van der Waals surface area contributed by atoms with Crippen molar-refractivity contribution in [1.82, 2.24) is 15.6 Å². The second kappa shape index (κ2) is 8.37. The zero-order chi connectivity index (χ0) is 17.9. The van der Waals surface area contributed by atoms with Crippen molar-refractivity contribution in [3.63, 3.8) is 0 Å². The van der Waals surface area contributed by atoms with Crippen LogP contribution in [-0.2, 0) is 6.18 Å². The fraction of sp³-hybridized carbons (Fsp3) is 0.294. The molecular formula is C17H18ClF3N4O. The van der Waals surface area contributed by atoms with E-state index in [9.17, 15) is 18.0 Å². The van der Waals surface area contributed by atoms with Crippen molar-refractivity contribution in [3.8, 4) is 0 Å². The van der Waals surface area contributed by atoms with E-state index in [1.807, 2.05) is 0 Å². The molecule has 1 aromatic heterocycles. The molecule has 1 aliphatic heterocycles. The molecule has 1 aliphatic rings. The van der Waals surface area contributed by atoms with E-state index in [0.29, 0.717) is 6.54 Å². The van der Waals surface area contributed by atoms with Crippen LogP contribution in [-0.4, -0.2) is 30.0 Å². The number of rotatable bonds is 4. The number of hydrogen-bond donors (Lipinski definition) is 3. The molecule has 1 aromatic carbocycles. The van der Waals surface area contributed by atoms with Crippen molar-refractivity contribution in [1.29, 1.82) is 0 Å². The van der Waals surface area contributed by atoms with Crippen molar-refractivity contribution >= 4 is 29.8 Å². The first-order chi connectivity index (χ1) is 11.9. The molecule has 140 valence electrons. The first kappa shape index (κ1) is 20.0. The molecule has 0 saturated carbocycles. The van der Waals surface area contributed by atoms with E-state index in [0.717, 1.165) is 25.1 Å². The minimum absolute atomic E-state index is 0. The van der Waals surface area contributed by atoms with Crippen molar-refractivity contribution in [3.05, 3.63) is 53.7 Å². The zero-order valence-corrected chi connectivity index (χ0v) is 14.5. The Balaban J connectivity index is 0.00000243. The molecule has 5 nitrogen and oxygen atoms in total. The summed E-state index contributed by atoms with van der Waals surface area (Å²) in [6.07, 6.45) is -2.12. The molecule has 0 bridgehead atoms. The van der Waals surface area contributed by atoms with Crippen LogP contribution in [0.3, 0.4) is 0 Å². The van der Waals surface area contributed by atoms with E-state index >= 15 is 0 Å². The lowest BCUT2D eigenvalue weighted by molar-refractivity contribution is -0.137. The molecule has 26 heavy (non-hydrogen) atoms. The molecule has 2 aromatic rings. The second-order valence-electron chi connectivity index (χ2n) is 5.77. The molecule has 2 heterocycles. The zero-order valence-electron chi connectivity index (χ0n) is 13.6. The standard InChI is InChI=1S/C17H17F3N4O.ClH/c18-17(19,20)11-3-1-4-12(9-11)23-15-14(5-2-7-22-15)16(25)24-13-6-8-21-10-13;/h1-5,7,9,13,21H,6,8,10H2,(H,22,23)(H,24,25);1H. The summed E-state index contributed by atoms with van der Waals surface area (Å²) < 4.78 is 38.5. The van der Waals surface area contributed by atoms with E-state index < -0.39 is 11.7 Å². The lowest BCUT2D eigenvalue weighted by Crippen LogP contribution is -2.36. The predicted octanol–water partition coefficient (Wildman–Crippen LogP) is 3.36. The predicted molar refractivity (Wildman–Crippen MR) is 95.0 cm³/mol. The van der Waals surface area contributed by atoms with Gasteiger partial charge in [0, 0.05) is 24.5 Å². The van der Waals surface area contributed by atoms with Gasteiger partial charge in [-0.15, -0.1) is 12.4 Å². The molecule has 0 spiro atoms. The first-order valence-corrected chi connectivity index (χ1v) is 7.84. The Morgan fingerprint density at radius 3 is 2.73 bits per heavy atom. The fourth-order valence-corrected chi connectivity index (χ4v) is 2.64. The molecule has 1 saturated heterocycles. The average Bonchev–Trinajstić information content (AvgIpc) is 3.08. The number of nitrogens with one attached hydrogen (secondary N) is 3. The molecule has 1 fully saturated rings. The molecule has 3 N–H and O–H groups in total. The summed E-state index contributed by atoms with van der Waals surface area (Å²) in [7, 11) is 0. The number of carbonyl (C=O) groups excluding carboxylic acids is 1. The summed E-state index contributed by atoms with van der Waals surface area (Å²) in [6, 6.07) is 8.00. The van der Waals surface area contributed by atoms with Gasteiger partial charge in [-0.25, -0.2) is 4.98 Å². The Labute approximate surface area is 154 Å². The average molecular weight is 387 g/mol. The van der Waals surface area contributed by atoms with Crippen LogP contribution in [0.5, 0.6) is 0 Å². The summed E-state index contributed by atoms with van der Waals surface area (Å²) in [5, 5.41) is 8.85. The van der Waals surface area contributed by atoms with E-state index in [1.54, 1.807) is 12.1 Å². The third-order valence-electron chi connectivity index (χ3n) is 3.90. The number of aromatic nitrogens is 1. The van der Waals surface area contributed by atoms with E-state index in [4.69, 9.17) is 0 Å². The maximum Gasteiger partial charge on any atom is 0.416 e. The molecule has 1 atom stereocenters. The number of benzene rings is 1. The monoisotopic (exact) mass is 386 g/mol. The molecule has 3 rings (SSSR count).